The number of benzene rings is 1. The zero-order valence-corrected chi connectivity index (χ0v) is 15.5. The third-order valence-corrected chi connectivity index (χ3v) is 6.22. The molecule has 1 fully saturated rings. The van der Waals surface area contributed by atoms with Crippen LogP contribution < -0.4 is 5.32 Å². The van der Waals surface area contributed by atoms with Gasteiger partial charge in [0, 0.05) is 22.1 Å². The molecule has 0 aliphatic heterocycles. The van der Waals surface area contributed by atoms with E-state index in [0.29, 0.717) is 18.4 Å². The molecule has 132 valence electrons. The van der Waals surface area contributed by atoms with Crippen molar-refractivity contribution in [2.75, 3.05) is 0 Å². The smallest absolute Gasteiger partial charge is 0.306 e. The Morgan fingerprint density at radius 1 is 1.36 bits per heavy atom. The number of nitrogens with one attached hydrogen (secondary N) is 1. The molecule has 1 heterocycles. The van der Waals surface area contributed by atoms with Crippen LogP contribution in [0.15, 0.2) is 34.5 Å². The SMILES string of the molecule is Cc1nc(CSc2ccccc2C(=O)N[C@@H]2CC[C@H](C(=O)O)C2)cs1. The lowest BCUT2D eigenvalue weighted by Gasteiger charge is -2.14. The predicted octanol–water partition coefficient (Wildman–Crippen LogP) is 3.73. The van der Waals surface area contributed by atoms with Crippen LogP contribution in [0.2, 0.25) is 0 Å². The van der Waals surface area contributed by atoms with Gasteiger partial charge in [0.05, 0.1) is 22.2 Å². The molecule has 1 aromatic heterocycles. The first-order valence-corrected chi connectivity index (χ1v) is 10.1. The van der Waals surface area contributed by atoms with Gasteiger partial charge >= 0.3 is 5.97 Å². The number of thioether (sulfide) groups is 1. The van der Waals surface area contributed by atoms with Gasteiger partial charge in [-0.15, -0.1) is 23.1 Å². The van der Waals surface area contributed by atoms with Crippen LogP contribution in [0.25, 0.3) is 0 Å². The predicted molar refractivity (Wildman–Crippen MR) is 99.1 cm³/mol. The van der Waals surface area contributed by atoms with Crippen molar-refractivity contribution in [2.45, 2.75) is 42.9 Å². The number of hydrogen-bond donors (Lipinski definition) is 2. The highest BCUT2D eigenvalue weighted by Crippen LogP contribution is 2.29. The minimum absolute atomic E-state index is 0.0622. The van der Waals surface area contributed by atoms with E-state index >= 15 is 0 Å². The van der Waals surface area contributed by atoms with Gasteiger partial charge in [-0.2, -0.15) is 0 Å². The second-order valence-electron chi connectivity index (χ2n) is 6.16. The van der Waals surface area contributed by atoms with Crippen LogP contribution in [0.1, 0.15) is 40.3 Å². The van der Waals surface area contributed by atoms with Gasteiger partial charge < -0.3 is 10.4 Å². The second-order valence-corrected chi connectivity index (χ2v) is 8.24. The van der Waals surface area contributed by atoms with Crippen molar-refractivity contribution in [3.8, 4) is 0 Å². The van der Waals surface area contributed by atoms with Crippen LogP contribution in [0.5, 0.6) is 0 Å². The van der Waals surface area contributed by atoms with E-state index in [0.717, 1.165) is 27.8 Å². The Morgan fingerprint density at radius 2 is 2.16 bits per heavy atom. The first kappa shape index (κ1) is 17.9. The van der Waals surface area contributed by atoms with Crippen LogP contribution >= 0.6 is 23.1 Å². The maximum absolute atomic E-state index is 12.6. The summed E-state index contributed by atoms with van der Waals surface area (Å²) in [6, 6.07) is 7.45. The molecule has 1 amide bonds. The molecule has 2 atom stereocenters. The average molecular weight is 377 g/mol. The fraction of sp³-hybridized carbons (Fsp3) is 0.389. The summed E-state index contributed by atoms with van der Waals surface area (Å²) in [5.74, 6) is -0.526. The molecule has 0 bridgehead atoms. The lowest BCUT2D eigenvalue weighted by molar-refractivity contribution is -0.141. The number of hydrogen-bond acceptors (Lipinski definition) is 5. The summed E-state index contributed by atoms with van der Waals surface area (Å²) in [4.78, 5) is 29.1. The Morgan fingerprint density at radius 3 is 2.84 bits per heavy atom. The Balaban J connectivity index is 1.63. The highest BCUT2D eigenvalue weighted by atomic mass is 32.2. The third kappa shape index (κ3) is 4.61. The normalized spacial score (nSPS) is 19.7. The first-order chi connectivity index (χ1) is 12.0. The van der Waals surface area contributed by atoms with Gasteiger partial charge in [0.15, 0.2) is 0 Å². The van der Waals surface area contributed by atoms with Gasteiger partial charge in [-0.25, -0.2) is 4.98 Å². The maximum atomic E-state index is 12.6. The van der Waals surface area contributed by atoms with Crippen LogP contribution in [0.3, 0.4) is 0 Å². The summed E-state index contributed by atoms with van der Waals surface area (Å²) >= 11 is 3.22. The average Bonchev–Trinajstić information content (AvgIpc) is 3.22. The maximum Gasteiger partial charge on any atom is 0.306 e. The summed E-state index contributed by atoms with van der Waals surface area (Å²) in [5.41, 5.74) is 1.65. The molecule has 5 nitrogen and oxygen atoms in total. The van der Waals surface area contributed by atoms with Gasteiger partial charge in [-0.3, -0.25) is 9.59 Å². The van der Waals surface area contributed by atoms with Crippen molar-refractivity contribution in [1.82, 2.24) is 10.3 Å². The second kappa shape index (κ2) is 8.01. The minimum Gasteiger partial charge on any atom is -0.481 e. The van der Waals surface area contributed by atoms with E-state index in [1.54, 1.807) is 23.1 Å². The van der Waals surface area contributed by atoms with E-state index in [4.69, 9.17) is 5.11 Å². The molecule has 0 unspecified atom stereocenters. The zero-order valence-electron chi connectivity index (χ0n) is 13.9. The fourth-order valence-electron chi connectivity index (χ4n) is 3.01. The van der Waals surface area contributed by atoms with E-state index in [1.165, 1.54) is 0 Å². The number of amides is 1. The van der Waals surface area contributed by atoms with Crippen molar-refractivity contribution < 1.29 is 14.7 Å². The molecule has 2 aromatic rings. The molecule has 3 rings (SSSR count). The van der Waals surface area contributed by atoms with Crippen molar-refractivity contribution >= 4 is 35.0 Å². The first-order valence-electron chi connectivity index (χ1n) is 8.19. The van der Waals surface area contributed by atoms with Crippen LogP contribution in [-0.4, -0.2) is 28.0 Å². The summed E-state index contributed by atoms with van der Waals surface area (Å²) in [6.45, 7) is 1.98. The van der Waals surface area contributed by atoms with Gasteiger partial charge in [0.2, 0.25) is 0 Å². The number of carbonyl (C=O) groups excluding carboxylic acids is 1. The molecule has 1 aliphatic rings. The lowest BCUT2D eigenvalue weighted by atomic mass is 10.1. The van der Waals surface area contributed by atoms with E-state index in [-0.39, 0.29) is 17.9 Å². The molecule has 7 heteroatoms. The standard InChI is InChI=1S/C18H20N2O3S2/c1-11-19-14(9-24-11)10-25-16-5-3-2-4-15(16)17(21)20-13-7-6-12(8-13)18(22)23/h2-5,9,12-13H,6-8,10H2,1H3,(H,20,21)(H,22,23)/t12-,13+/m0/s1. The molecule has 2 N–H and O–H groups in total. The van der Waals surface area contributed by atoms with Crippen LogP contribution in [0, 0.1) is 12.8 Å². The minimum atomic E-state index is -0.772. The molecule has 1 saturated carbocycles. The number of carboxylic acids is 1. The van der Waals surface area contributed by atoms with Crippen molar-refractivity contribution in [3.05, 3.63) is 45.9 Å². The molecular formula is C18H20N2O3S2. The summed E-state index contributed by atoms with van der Waals surface area (Å²) in [7, 11) is 0. The largest absolute Gasteiger partial charge is 0.481 e. The summed E-state index contributed by atoms with van der Waals surface area (Å²) in [5, 5.41) is 15.2. The van der Waals surface area contributed by atoms with Gasteiger partial charge in [0.1, 0.15) is 0 Å². The van der Waals surface area contributed by atoms with Gasteiger partial charge in [0.25, 0.3) is 5.91 Å². The molecule has 0 saturated heterocycles. The Kier molecular flexibility index (Phi) is 5.75. The number of thiazole rings is 1. The summed E-state index contributed by atoms with van der Waals surface area (Å²) in [6.07, 6.45) is 1.85. The van der Waals surface area contributed by atoms with Gasteiger partial charge in [-0.05, 0) is 38.3 Å². The quantitative estimate of drug-likeness (QED) is 0.751. The van der Waals surface area contributed by atoms with E-state index < -0.39 is 5.97 Å². The van der Waals surface area contributed by atoms with Crippen molar-refractivity contribution in [1.29, 1.82) is 0 Å². The third-order valence-electron chi connectivity index (χ3n) is 4.29. The van der Waals surface area contributed by atoms with Crippen LogP contribution in [0.4, 0.5) is 0 Å². The number of nitrogens with zero attached hydrogens (tertiary/aromatic N) is 1. The highest BCUT2D eigenvalue weighted by molar-refractivity contribution is 7.98. The number of rotatable bonds is 6. The highest BCUT2D eigenvalue weighted by Gasteiger charge is 2.30. The molecule has 0 radical (unpaired) electrons. The van der Waals surface area contributed by atoms with Crippen LogP contribution in [-0.2, 0) is 10.5 Å². The lowest BCUT2D eigenvalue weighted by Crippen LogP contribution is -2.33. The zero-order chi connectivity index (χ0) is 17.8. The number of carboxylic acid groups (broad SMARTS) is 1. The van der Waals surface area contributed by atoms with E-state index in [1.807, 2.05) is 36.6 Å². The molecule has 25 heavy (non-hydrogen) atoms. The monoisotopic (exact) mass is 376 g/mol. The van der Waals surface area contributed by atoms with E-state index in [2.05, 4.69) is 10.3 Å². The topological polar surface area (TPSA) is 79.3 Å². The molecule has 1 aliphatic carbocycles. The van der Waals surface area contributed by atoms with E-state index in [9.17, 15) is 9.59 Å². The number of aromatic nitrogens is 1. The Bertz CT molecular complexity index is 775. The number of carbonyl (C=O) groups is 2. The Hall–Kier alpha value is -1.86. The van der Waals surface area contributed by atoms with Crippen molar-refractivity contribution in [3.63, 3.8) is 0 Å². The number of aliphatic carboxylic acids is 1. The molecular weight excluding hydrogens is 356 g/mol. The van der Waals surface area contributed by atoms with Crippen molar-refractivity contribution in [2.24, 2.45) is 5.92 Å². The molecule has 0 spiro atoms. The number of aryl methyl sites for hydroxylation is 1. The molecule has 1 aromatic carbocycles. The fourth-order valence-corrected chi connectivity index (χ4v) is 4.67. The summed E-state index contributed by atoms with van der Waals surface area (Å²) < 4.78 is 0. The Labute approximate surface area is 154 Å². The van der Waals surface area contributed by atoms with Gasteiger partial charge in [-0.1, -0.05) is 12.1 Å².